The molecule has 5 nitrogen and oxygen atoms in total. The standard InChI is InChI=1S/C17H22N2O3/c1-4-6-10-15(20)16(17(21)22-5-2)19(3)14-9-7-8-13(11-14)12-18/h7-9,11,16H,4-6,10H2,1-3H3. The second kappa shape index (κ2) is 8.83. The first-order valence-electron chi connectivity index (χ1n) is 7.47. The van der Waals surface area contributed by atoms with Crippen molar-refractivity contribution >= 4 is 17.4 Å². The maximum absolute atomic E-state index is 12.4. The van der Waals surface area contributed by atoms with E-state index in [0.717, 1.165) is 12.8 Å². The smallest absolute Gasteiger partial charge is 0.336 e. The van der Waals surface area contributed by atoms with Crippen LogP contribution in [0.2, 0.25) is 0 Å². The summed E-state index contributed by atoms with van der Waals surface area (Å²) >= 11 is 0. The lowest BCUT2D eigenvalue weighted by Crippen LogP contribution is -2.46. The monoisotopic (exact) mass is 302 g/mol. The van der Waals surface area contributed by atoms with Gasteiger partial charge in [-0.25, -0.2) is 4.79 Å². The molecule has 0 aliphatic rings. The maximum atomic E-state index is 12.4. The number of carbonyl (C=O) groups is 2. The Morgan fingerprint density at radius 3 is 2.68 bits per heavy atom. The van der Waals surface area contributed by atoms with Gasteiger partial charge in [0.25, 0.3) is 0 Å². The van der Waals surface area contributed by atoms with Crippen molar-refractivity contribution in [3.8, 4) is 6.07 Å². The lowest BCUT2D eigenvalue weighted by Gasteiger charge is -2.27. The van der Waals surface area contributed by atoms with E-state index in [2.05, 4.69) is 6.07 Å². The van der Waals surface area contributed by atoms with E-state index >= 15 is 0 Å². The quantitative estimate of drug-likeness (QED) is 0.545. The molecule has 118 valence electrons. The van der Waals surface area contributed by atoms with Crippen LogP contribution in [0.3, 0.4) is 0 Å². The van der Waals surface area contributed by atoms with Crippen LogP contribution in [0.5, 0.6) is 0 Å². The van der Waals surface area contributed by atoms with Crippen LogP contribution in [0.4, 0.5) is 5.69 Å². The van der Waals surface area contributed by atoms with Gasteiger partial charge in [0.15, 0.2) is 11.8 Å². The van der Waals surface area contributed by atoms with Gasteiger partial charge in [0.05, 0.1) is 18.2 Å². The van der Waals surface area contributed by atoms with Gasteiger partial charge in [0, 0.05) is 19.2 Å². The Morgan fingerprint density at radius 1 is 1.36 bits per heavy atom. The Labute approximate surface area is 131 Å². The second-order valence-electron chi connectivity index (χ2n) is 5.00. The number of rotatable bonds is 8. The van der Waals surface area contributed by atoms with E-state index in [0.29, 0.717) is 17.7 Å². The van der Waals surface area contributed by atoms with Gasteiger partial charge in [-0.3, -0.25) is 4.79 Å². The zero-order chi connectivity index (χ0) is 16.5. The van der Waals surface area contributed by atoms with Gasteiger partial charge in [-0.15, -0.1) is 0 Å². The SMILES string of the molecule is CCCCC(=O)C(C(=O)OCC)N(C)c1cccc(C#N)c1. The summed E-state index contributed by atoms with van der Waals surface area (Å²) in [4.78, 5) is 26.1. The number of hydrogen-bond acceptors (Lipinski definition) is 5. The average Bonchev–Trinajstić information content (AvgIpc) is 2.53. The molecule has 1 rings (SSSR count). The zero-order valence-corrected chi connectivity index (χ0v) is 13.3. The molecule has 0 saturated carbocycles. The van der Waals surface area contributed by atoms with Crippen molar-refractivity contribution in [2.45, 2.75) is 39.2 Å². The highest BCUT2D eigenvalue weighted by Crippen LogP contribution is 2.19. The summed E-state index contributed by atoms with van der Waals surface area (Å²) in [6.45, 7) is 3.93. The molecular weight excluding hydrogens is 280 g/mol. The third kappa shape index (κ3) is 4.59. The van der Waals surface area contributed by atoms with Crippen molar-refractivity contribution < 1.29 is 14.3 Å². The summed E-state index contributed by atoms with van der Waals surface area (Å²) in [6.07, 6.45) is 1.96. The zero-order valence-electron chi connectivity index (χ0n) is 13.3. The van der Waals surface area contributed by atoms with Gasteiger partial charge in [0.2, 0.25) is 0 Å². The van der Waals surface area contributed by atoms with Gasteiger partial charge in [-0.05, 0) is 31.5 Å². The molecule has 1 unspecified atom stereocenters. The minimum atomic E-state index is -0.972. The fourth-order valence-corrected chi connectivity index (χ4v) is 2.16. The number of esters is 1. The minimum Gasteiger partial charge on any atom is -0.464 e. The molecule has 0 N–H and O–H groups in total. The topological polar surface area (TPSA) is 70.4 Å². The molecule has 0 aromatic heterocycles. The first-order chi connectivity index (χ1) is 10.5. The molecule has 0 amide bonds. The number of nitrogens with zero attached hydrogens (tertiary/aromatic N) is 2. The number of carbonyl (C=O) groups excluding carboxylic acids is 2. The van der Waals surface area contributed by atoms with Crippen molar-refractivity contribution in [1.29, 1.82) is 5.26 Å². The molecule has 0 radical (unpaired) electrons. The minimum absolute atomic E-state index is 0.162. The molecule has 0 heterocycles. The number of unbranched alkanes of at least 4 members (excludes halogenated alkanes) is 1. The molecule has 0 fully saturated rings. The molecule has 0 aliphatic carbocycles. The van der Waals surface area contributed by atoms with Crippen LogP contribution in [-0.2, 0) is 14.3 Å². The first-order valence-corrected chi connectivity index (χ1v) is 7.47. The summed E-state index contributed by atoms with van der Waals surface area (Å²) in [6, 6.07) is 7.90. The molecule has 1 aromatic rings. The van der Waals surface area contributed by atoms with Gasteiger partial charge >= 0.3 is 5.97 Å². The van der Waals surface area contributed by atoms with E-state index in [1.165, 1.54) is 0 Å². The van der Waals surface area contributed by atoms with E-state index in [-0.39, 0.29) is 12.4 Å². The molecule has 0 bridgehead atoms. The fraction of sp³-hybridized carbons (Fsp3) is 0.471. The third-order valence-electron chi connectivity index (χ3n) is 3.36. The Hall–Kier alpha value is -2.35. The van der Waals surface area contributed by atoms with Crippen LogP contribution < -0.4 is 4.90 Å². The predicted octanol–water partition coefficient (Wildman–Crippen LogP) is 2.69. The van der Waals surface area contributed by atoms with Crippen LogP contribution >= 0.6 is 0 Å². The molecule has 5 heteroatoms. The molecule has 0 aliphatic heterocycles. The summed E-state index contributed by atoms with van der Waals surface area (Å²) in [7, 11) is 1.67. The number of benzene rings is 1. The fourth-order valence-electron chi connectivity index (χ4n) is 2.16. The lowest BCUT2D eigenvalue weighted by molar-refractivity contribution is -0.147. The van der Waals surface area contributed by atoms with E-state index < -0.39 is 12.0 Å². The maximum Gasteiger partial charge on any atom is 0.336 e. The van der Waals surface area contributed by atoms with Gasteiger partial charge in [-0.1, -0.05) is 19.4 Å². The Morgan fingerprint density at radius 2 is 2.09 bits per heavy atom. The highest BCUT2D eigenvalue weighted by atomic mass is 16.5. The van der Waals surface area contributed by atoms with Crippen LogP contribution in [0.25, 0.3) is 0 Å². The van der Waals surface area contributed by atoms with Crippen molar-refractivity contribution in [3.05, 3.63) is 29.8 Å². The highest BCUT2D eigenvalue weighted by Gasteiger charge is 2.31. The second-order valence-corrected chi connectivity index (χ2v) is 5.00. The molecule has 1 atom stereocenters. The van der Waals surface area contributed by atoms with Crippen molar-refractivity contribution in [3.63, 3.8) is 0 Å². The van der Waals surface area contributed by atoms with Gasteiger partial charge in [-0.2, -0.15) is 5.26 Å². The summed E-state index contributed by atoms with van der Waals surface area (Å²) in [5.74, 6) is -0.710. The number of nitriles is 1. The largest absolute Gasteiger partial charge is 0.464 e. The van der Waals surface area contributed by atoms with E-state index in [1.54, 1.807) is 43.1 Å². The van der Waals surface area contributed by atoms with Crippen molar-refractivity contribution in [2.24, 2.45) is 0 Å². The number of ether oxygens (including phenoxy) is 1. The Kier molecular flexibility index (Phi) is 7.11. The van der Waals surface area contributed by atoms with Gasteiger partial charge in [0.1, 0.15) is 0 Å². The van der Waals surface area contributed by atoms with Crippen molar-refractivity contribution in [2.75, 3.05) is 18.6 Å². The molecule has 0 spiro atoms. The molecule has 0 saturated heterocycles. The van der Waals surface area contributed by atoms with Gasteiger partial charge < -0.3 is 9.64 Å². The highest BCUT2D eigenvalue weighted by molar-refractivity contribution is 6.06. The Balaban J connectivity index is 3.05. The molecule has 22 heavy (non-hydrogen) atoms. The van der Waals surface area contributed by atoms with Crippen molar-refractivity contribution in [1.82, 2.24) is 0 Å². The van der Waals surface area contributed by atoms with E-state index in [4.69, 9.17) is 10.00 Å². The number of Topliss-reactive ketones (excluding diaryl/α,β-unsaturated/α-hetero) is 1. The third-order valence-corrected chi connectivity index (χ3v) is 3.36. The molecular formula is C17H22N2O3. The lowest BCUT2D eigenvalue weighted by atomic mass is 10.0. The van der Waals surface area contributed by atoms with Crippen LogP contribution in [0.1, 0.15) is 38.7 Å². The van der Waals surface area contributed by atoms with Crippen LogP contribution in [0.15, 0.2) is 24.3 Å². The average molecular weight is 302 g/mol. The summed E-state index contributed by atoms with van der Waals surface area (Å²) in [5, 5.41) is 8.97. The summed E-state index contributed by atoms with van der Waals surface area (Å²) in [5.41, 5.74) is 1.12. The summed E-state index contributed by atoms with van der Waals surface area (Å²) < 4.78 is 5.04. The molecule has 1 aromatic carbocycles. The van der Waals surface area contributed by atoms with E-state index in [1.807, 2.05) is 6.92 Å². The normalized spacial score (nSPS) is 11.4. The Bertz CT molecular complexity index is 563. The number of hydrogen-bond donors (Lipinski definition) is 0. The number of anilines is 1. The predicted molar refractivity (Wildman–Crippen MR) is 84.5 cm³/mol. The van der Waals surface area contributed by atoms with E-state index in [9.17, 15) is 9.59 Å². The van der Waals surface area contributed by atoms with Crippen LogP contribution in [0, 0.1) is 11.3 Å². The van der Waals surface area contributed by atoms with Crippen LogP contribution in [-0.4, -0.2) is 31.4 Å². The number of likely N-dealkylation sites (N-methyl/N-ethyl adjacent to an activating group) is 1. The first kappa shape index (κ1) is 17.7. The number of ketones is 1.